The number of hydrogen-bond donors (Lipinski definition) is 0. The fourth-order valence-corrected chi connectivity index (χ4v) is 2.43. The van der Waals surface area contributed by atoms with Gasteiger partial charge in [-0.25, -0.2) is 0 Å². The molecular weight excluding hydrogens is 379 g/mol. The molecule has 0 spiro atoms. The quantitative estimate of drug-likeness (QED) is 0.731. The number of amides is 4. The summed E-state index contributed by atoms with van der Waals surface area (Å²) < 4.78 is 0. The maximum absolute atomic E-state index is 12.7. The summed E-state index contributed by atoms with van der Waals surface area (Å²) in [5.74, 6) is -3.23. The van der Waals surface area contributed by atoms with Gasteiger partial charge in [0, 0.05) is 35.0 Å². The first-order chi connectivity index (χ1) is 12.2. The Bertz CT molecular complexity index is 790. The lowest BCUT2D eigenvalue weighted by atomic mass is 10.2. The molecule has 6 nitrogen and oxygen atoms in total. The number of carbonyl (C=O) groups is 4. The fourth-order valence-electron chi connectivity index (χ4n) is 2.18. The van der Waals surface area contributed by atoms with Crippen LogP contribution >= 0.6 is 23.2 Å². The second-order valence-electron chi connectivity index (χ2n) is 5.29. The first kappa shape index (κ1) is 19.6. The Hall–Kier alpha value is -2.70. The van der Waals surface area contributed by atoms with E-state index in [1.165, 1.54) is 48.5 Å². The molecule has 0 heterocycles. The van der Waals surface area contributed by atoms with Gasteiger partial charge in [0.1, 0.15) is 0 Å². The third-order valence-corrected chi connectivity index (χ3v) is 3.87. The molecule has 2 rings (SSSR count). The number of nitrogens with zero attached hydrogens (tertiary/aromatic N) is 2. The molecule has 0 radical (unpaired) electrons. The van der Waals surface area contributed by atoms with Crippen LogP contribution in [0.15, 0.2) is 48.5 Å². The highest BCUT2D eigenvalue weighted by Crippen LogP contribution is 2.17. The molecule has 0 unspecified atom stereocenters. The van der Waals surface area contributed by atoms with E-state index in [1.54, 1.807) is 0 Å². The Labute approximate surface area is 159 Å². The van der Waals surface area contributed by atoms with Crippen molar-refractivity contribution in [2.75, 3.05) is 0 Å². The molecule has 0 aliphatic rings. The van der Waals surface area contributed by atoms with Gasteiger partial charge in [-0.2, -0.15) is 10.0 Å². The van der Waals surface area contributed by atoms with E-state index in [9.17, 15) is 19.2 Å². The second kappa shape index (κ2) is 8.12. The predicted octanol–water partition coefficient (Wildman–Crippen LogP) is 3.59. The Morgan fingerprint density at radius 3 is 1.12 bits per heavy atom. The van der Waals surface area contributed by atoms with E-state index in [1.807, 2.05) is 0 Å². The lowest BCUT2D eigenvalue weighted by Crippen LogP contribution is -2.54. The molecule has 0 atom stereocenters. The Morgan fingerprint density at radius 2 is 0.885 bits per heavy atom. The van der Waals surface area contributed by atoms with Crippen molar-refractivity contribution in [3.8, 4) is 0 Å². The van der Waals surface area contributed by atoms with Gasteiger partial charge in [-0.3, -0.25) is 19.2 Å². The number of halogens is 2. The SMILES string of the molecule is CC(=O)N(C(=O)c1ccc(Cl)cc1)N(C(C)=O)C(=O)c1ccc(Cl)cc1. The van der Waals surface area contributed by atoms with E-state index in [-0.39, 0.29) is 11.1 Å². The van der Waals surface area contributed by atoms with Gasteiger partial charge in [-0.15, -0.1) is 0 Å². The zero-order chi connectivity index (χ0) is 19.4. The minimum absolute atomic E-state index is 0.0970. The van der Waals surface area contributed by atoms with Gasteiger partial charge < -0.3 is 0 Å². The highest BCUT2D eigenvalue weighted by molar-refractivity contribution is 6.31. The summed E-state index contributed by atoms with van der Waals surface area (Å²) >= 11 is 11.6. The second-order valence-corrected chi connectivity index (χ2v) is 6.16. The third-order valence-electron chi connectivity index (χ3n) is 3.36. The summed E-state index contributed by atoms with van der Waals surface area (Å²) in [6.07, 6.45) is 0. The predicted molar refractivity (Wildman–Crippen MR) is 96.6 cm³/mol. The normalized spacial score (nSPS) is 10.2. The molecule has 0 aromatic heterocycles. The number of carbonyl (C=O) groups excluding carboxylic acids is 4. The molecule has 0 fully saturated rings. The van der Waals surface area contributed by atoms with Gasteiger partial charge in [0.15, 0.2) is 0 Å². The number of hydrazine groups is 1. The molecule has 2 aromatic rings. The van der Waals surface area contributed by atoms with Crippen molar-refractivity contribution in [2.24, 2.45) is 0 Å². The number of imide groups is 2. The maximum Gasteiger partial charge on any atom is 0.280 e. The van der Waals surface area contributed by atoms with Crippen molar-refractivity contribution in [3.63, 3.8) is 0 Å². The number of benzene rings is 2. The lowest BCUT2D eigenvalue weighted by molar-refractivity contribution is -0.149. The van der Waals surface area contributed by atoms with Crippen molar-refractivity contribution in [1.29, 1.82) is 0 Å². The first-order valence-electron chi connectivity index (χ1n) is 7.43. The van der Waals surface area contributed by atoms with E-state index in [4.69, 9.17) is 23.2 Å². The van der Waals surface area contributed by atoms with Crippen molar-refractivity contribution < 1.29 is 19.2 Å². The molecule has 8 heteroatoms. The van der Waals surface area contributed by atoms with Gasteiger partial charge in [0.25, 0.3) is 11.8 Å². The zero-order valence-electron chi connectivity index (χ0n) is 13.9. The summed E-state index contributed by atoms with van der Waals surface area (Å²) in [5, 5.41) is 1.80. The van der Waals surface area contributed by atoms with E-state index in [2.05, 4.69) is 0 Å². The minimum Gasteiger partial charge on any atom is -0.273 e. The summed E-state index contributed by atoms with van der Waals surface area (Å²) in [6.45, 7) is 2.16. The van der Waals surface area contributed by atoms with Crippen LogP contribution < -0.4 is 0 Å². The standard InChI is InChI=1S/C18H14Cl2N2O4/c1-11(23)21(17(25)13-3-7-15(19)8-4-13)22(12(2)24)18(26)14-5-9-16(20)10-6-14/h3-10H,1-2H3. The third kappa shape index (κ3) is 4.28. The highest BCUT2D eigenvalue weighted by atomic mass is 35.5. The van der Waals surface area contributed by atoms with Crippen molar-refractivity contribution in [3.05, 3.63) is 69.7 Å². The van der Waals surface area contributed by atoms with Crippen molar-refractivity contribution >= 4 is 46.8 Å². The summed E-state index contributed by atoms with van der Waals surface area (Å²) in [6, 6.07) is 11.4. The Balaban J connectivity index is 2.46. The van der Waals surface area contributed by atoms with E-state index in [0.717, 1.165) is 13.8 Å². The van der Waals surface area contributed by atoms with Gasteiger partial charge >= 0.3 is 0 Å². The minimum atomic E-state index is -0.827. The van der Waals surface area contributed by atoms with Crippen LogP contribution in [0.1, 0.15) is 34.6 Å². The van der Waals surface area contributed by atoms with Gasteiger partial charge in [-0.05, 0) is 48.5 Å². The van der Waals surface area contributed by atoms with Crippen LogP contribution in [0.2, 0.25) is 10.0 Å². The lowest BCUT2D eigenvalue weighted by Gasteiger charge is -2.29. The van der Waals surface area contributed by atoms with Crippen molar-refractivity contribution in [1.82, 2.24) is 10.0 Å². The fraction of sp³-hybridized carbons (Fsp3) is 0.111. The number of rotatable bonds is 2. The van der Waals surface area contributed by atoms with Crippen LogP contribution in [-0.4, -0.2) is 33.6 Å². The van der Waals surface area contributed by atoms with Gasteiger partial charge in [-0.1, -0.05) is 23.2 Å². The molecule has 0 aliphatic heterocycles. The summed E-state index contributed by atoms with van der Waals surface area (Å²) in [7, 11) is 0. The summed E-state index contributed by atoms with van der Waals surface area (Å²) in [4.78, 5) is 49.6. The van der Waals surface area contributed by atoms with E-state index in [0.29, 0.717) is 20.1 Å². The molecular formula is C18H14Cl2N2O4. The van der Waals surface area contributed by atoms with Crippen LogP contribution in [0.25, 0.3) is 0 Å². The summed E-state index contributed by atoms with van der Waals surface area (Å²) in [5.41, 5.74) is 0.194. The van der Waals surface area contributed by atoms with Crippen LogP contribution in [0.5, 0.6) is 0 Å². The number of hydrogen-bond acceptors (Lipinski definition) is 4. The molecule has 0 saturated carbocycles. The van der Waals surface area contributed by atoms with Gasteiger partial charge in [0.05, 0.1) is 0 Å². The molecule has 134 valence electrons. The van der Waals surface area contributed by atoms with Crippen LogP contribution in [0, 0.1) is 0 Å². The molecule has 2 aromatic carbocycles. The monoisotopic (exact) mass is 392 g/mol. The van der Waals surface area contributed by atoms with Crippen LogP contribution in [0.4, 0.5) is 0 Å². The highest BCUT2D eigenvalue weighted by Gasteiger charge is 2.34. The molecule has 26 heavy (non-hydrogen) atoms. The average molecular weight is 393 g/mol. The topological polar surface area (TPSA) is 74.8 Å². The molecule has 0 N–H and O–H groups in total. The van der Waals surface area contributed by atoms with E-state index < -0.39 is 23.6 Å². The van der Waals surface area contributed by atoms with E-state index >= 15 is 0 Å². The van der Waals surface area contributed by atoms with Crippen molar-refractivity contribution in [2.45, 2.75) is 13.8 Å². The zero-order valence-corrected chi connectivity index (χ0v) is 15.4. The molecule has 4 amide bonds. The Morgan fingerprint density at radius 1 is 0.615 bits per heavy atom. The average Bonchev–Trinajstić information content (AvgIpc) is 2.59. The maximum atomic E-state index is 12.7. The Kier molecular flexibility index (Phi) is 6.13. The largest absolute Gasteiger partial charge is 0.280 e. The molecule has 0 bridgehead atoms. The first-order valence-corrected chi connectivity index (χ1v) is 8.19. The smallest absolute Gasteiger partial charge is 0.273 e. The molecule has 0 saturated heterocycles. The molecule has 0 aliphatic carbocycles. The van der Waals surface area contributed by atoms with Crippen LogP contribution in [-0.2, 0) is 9.59 Å². The van der Waals surface area contributed by atoms with Gasteiger partial charge in [0.2, 0.25) is 11.8 Å². The van der Waals surface area contributed by atoms with Crippen LogP contribution in [0.3, 0.4) is 0 Å².